The third kappa shape index (κ3) is 8.92. The first-order valence-corrected chi connectivity index (χ1v) is 13.4. The first kappa shape index (κ1) is 29.3. The molecule has 0 radical (unpaired) electrons. The predicted octanol–water partition coefficient (Wildman–Crippen LogP) is 3.55. The van der Waals surface area contributed by atoms with Gasteiger partial charge in [-0.1, -0.05) is 36.4 Å². The van der Waals surface area contributed by atoms with Crippen LogP contribution in [0.5, 0.6) is 0 Å². The zero-order valence-corrected chi connectivity index (χ0v) is 22.1. The Bertz CT molecular complexity index is 1220. The summed E-state index contributed by atoms with van der Waals surface area (Å²) in [6, 6.07) is 18.3. The maximum Gasteiger partial charge on any atom is 0.405 e. The number of benzene rings is 1. The van der Waals surface area contributed by atoms with Crippen LogP contribution in [0.15, 0.2) is 71.3 Å². The van der Waals surface area contributed by atoms with E-state index in [9.17, 15) is 22.8 Å². The maximum atomic E-state index is 13.3. The van der Waals surface area contributed by atoms with Gasteiger partial charge in [0.15, 0.2) is 0 Å². The van der Waals surface area contributed by atoms with Gasteiger partial charge in [-0.15, -0.1) is 0 Å². The van der Waals surface area contributed by atoms with Crippen LogP contribution >= 0.6 is 0 Å². The number of furan rings is 1. The van der Waals surface area contributed by atoms with Crippen molar-refractivity contribution in [1.29, 1.82) is 0 Å². The van der Waals surface area contributed by atoms with Crippen molar-refractivity contribution in [3.05, 3.63) is 78.3 Å². The predicted molar refractivity (Wildman–Crippen MR) is 144 cm³/mol. The summed E-state index contributed by atoms with van der Waals surface area (Å²) in [7, 11) is 0. The fourth-order valence-corrected chi connectivity index (χ4v) is 4.76. The summed E-state index contributed by atoms with van der Waals surface area (Å²) in [5.41, 5.74) is 1.74. The van der Waals surface area contributed by atoms with Gasteiger partial charge < -0.3 is 20.4 Å². The first-order chi connectivity index (χ1) is 19.3. The fourth-order valence-electron chi connectivity index (χ4n) is 4.76. The smallest absolute Gasteiger partial charge is 0.405 e. The zero-order valence-electron chi connectivity index (χ0n) is 22.1. The highest BCUT2D eigenvalue weighted by Crippen LogP contribution is 2.22. The lowest BCUT2D eigenvalue weighted by molar-refractivity contribution is -0.142. The molecule has 0 saturated carbocycles. The Balaban J connectivity index is 1.34. The summed E-state index contributed by atoms with van der Waals surface area (Å²) in [5.74, 6) is 0.194. The topological polar surface area (TPSA) is 99.5 Å². The van der Waals surface area contributed by atoms with Crippen LogP contribution in [0.2, 0.25) is 0 Å². The molecule has 0 bridgehead atoms. The van der Waals surface area contributed by atoms with Gasteiger partial charge in [0.05, 0.1) is 6.54 Å². The van der Waals surface area contributed by atoms with E-state index in [0.717, 1.165) is 17.0 Å². The molecule has 3 N–H and O–H groups in total. The highest BCUT2D eigenvalue weighted by atomic mass is 19.4. The summed E-state index contributed by atoms with van der Waals surface area (Å²) < 4.78 is 43.7. The molecule has 8 nitrogen and oxygen atoms in total. The van der Waals surface area contributed by atoms with E-state index in [-0.39, 0.29) is 24.9 Å². The molecule has 40 heavy (non-hydrogen) atoms. The molecule has 2 aromatic heterocycles. The number of alkyl halides is 3. The maximum absolute atomic E-state index is 13.3. The normalized spacial score (nSPS) is 16.8. The highest BCUT2D eigenvalue weighted by molar-refractivity contribution is 5.82. The standard InChI is InChI=1S/C29H34F3N5O3/c30-29(31,32)20-36-28(39)25-19-33-14-16-37(25)15-6-9-22(17-23-10-4-5-13-34-23)27(38)35-18-24-11-12-26(40-24)21-7-2-1-3-8-21/h1-5,7-8,10-13,22,25,33H,6,9,14-20H2,(H,35,38)(H,36,39). The van der Waals surface area contributed by atoms with Crippen LogP contribution in [0.1, 0.15) is 24.3 Å². The Morgan fingerprint density at radius 3 is 2.62 bits per heavy atom. The molecule has 1 aromatic carbocycles. The number of pyridine rings is 1. The Morgan fingerprint density at radius 2 is 1.88 bits per heavy atom. The summed E-state index contributed by atoms with van der Waals surface area (Å²) in [6.45, 7) is 0.805. The number of hydrogen-bond donors (Lipinski definition) is 3. The number of nitrogens with zero attached hydrogens (tertiary/aromatic N) is 2. The second-order valence-electron chi connectivity index (χ2n) is 9.80. The monoisotopic (exact) mass is 557 g/mol. The lowest BCUT2D eigenvalue weighted by atomic mass is 9.95. The summed E-state index contributed by atoms with van der Waals surface area (Å²) in [5, 5.41) is 8.04. The van der Waals surface area contributed by atoms with Crippen molar-refractivity contribution in [2.45, 2.75) is 38.0 Å². The molecule has 2 amide bonds. The lowest BCUT2D eigenvalue weighted by Crippen LogP contribution is -2.58. The van der Waals surface area contributed by atoms with E-state index >= 15 is 0 Å². The van der Waals surface area contributed by atoms with Crippen LogP contribution in [-0.4, -0.2) is 66.6 Å². The molecule has 3 aromatic rings. The van der Waals surface area contributed by atoms with Crippen LogP contribution in [-0.2, 0) is 22.6 Å². The molecule has 1 saturated heterocycles. The van der Waals surface area contributed by atoms with Crippen LogP contribution in [0.3, 0.4) is 0 Å². The average molecular weight is 558 g/mol. The Labute approximate surface area is 231 Å². The highest BCUT2D eigenvalue weighted by Gasteiger charge is 2.33. The Hall–Kier alpha value is -3.70. The summed E-state index contributed by atoms with van der Waals surface area (Å²) in [6.07, 6.45) is -1.22. The quantitative estimate of drug-likeness (QED) is 0.315. The van der Waals surface area contributed by atoms with E-state index in [1.165, 1.54) is 0 Å². The minimum Gasteiger partial charge on any atom is -0.459 e. The lowest BCUT2D eigenvalue weighted by Gasteiger charge is -2.35. The molecule has 1 fully saturated rings. The molecular weight excluding hydrogens is 523 g/mol. The van der Waals surface area contributed by atoms with Gasteiger partial charge in [-0.2, -0.15) is 13.2 Å². The second kappa shape index (κ2) is 14.1. The van der Waals surface area contributed by atoms with Crippen molar-refractivity contribution in [1.82, 2.24) is 25.8 Å². The summed E-state index contributed by atoms with van der Waals surface area (Å²) >= 11 is 0. The molecule has 0 spiro atoms. The number of carbonyl (C=O) groups is 2. The largest absolute Gasteiger partial charge is 0.459 e. The molecule has 11 heteroatoms. The number of aromatic nitrogens is 1. The SMILES string of the molecule is O=C(NCc1ccc(-c2ccccc2)o1)C(CCCN1CCNCC1C(=O)NCC(F)(F)F)Cc1ccccn1. The minimum absolute atomic E-state index is 0.136. The number of nitrogens with one attached hydrogen (secondary N) is 3. The molecule has 2 atom stereocenters. The number of carbonyl (C=O) groups excluding carboxylic acids is 2. The number of rotatable bonds is 12. The van der Waals surface area contributed by atoms with Gasteiger partial charge >= 0.3 is 6.18 Å². The van der Waals surface area contributed by atoms with E-state index in [1.54, 1.807) is 6.20 Å². The molecule has 1 aliphatic rings. The van der Waals surface area contributed by atoms with E-state index in [0.29, 0.717) is 44.7 Å². The fraction of sp³-hybridized carbons (Fsp3) is 0.414. The number of amides is 2. The minimum atomic E-state index is -4.46. The number of piperazine rings is 1. The van der Waals surface area contributed by atoms with Crippen molar-refractivity contribution in [2.24, 2.45) is 5.92 Å². The van der Waals surface area contributed by atoms with Crippen LogP contribution in [0, 0.1) is 5.92 Å². The third-order valence-electron chi connectivity index (χ3n) is 6.83. The molecule has 4 rings (SSSR count). The van der Waals surface area contributed by atoms with Gasteiger partial charge in [0.1, 0.15) is 24.1 Å². The van der Waals surface area contributed by atoms with Gasteiger partial charge in [-0.05, 0) is 43.7 Å². The Morgan fingerprint density at radius 1 is 1.07 bits per heavy atom. The van der Waals surface area contributed by atoms with Gasteiger partial charge in [-0.3, -0.25) is 19.5 Å². The third-order valence-corrected chi connectivity index (χ3v) is 6.83. The molecule has 214 valence electrons. The molecule has 2 unspecified atom stereocenters. The van der Waals surface area contributed by atoms with Gasteiger partial charge in [0, 0.05) is 49.4 Å². The first-order valence-electron chi connectivity index (χ1n) is 13.4. The van der Waals surface area contributed by atoms with E-state index in [2.05, 4.69) is 15.6 Å². The molecular formula is C29H34F3N5O3. The molecule has 3 heterocycles. The molecule has 0 aliphatic carbocycles. The van der Waals surface area contributed by atoms with E-state index in [1.807, 2.05) is 70.9 Å². The van der Waals surface area contributed by atoms with Crippen molar-refractivity contribution in [2.75, 3.05) is 32.7 Å². The van der Waals surface area contributed by atoms with Crippen LogP contribution < -0.4 is 16.0 Å². The Kier molecular flexibility index (Phi) is 10.3. The van der Waals surface area contributed by atoms with Crippen molar-refractivity contribution < 1.29 is 27.2 Å². The van der Waals surface area contributed by atoms with Crippen molar-refractivity contribution in [3.8, 4) is 11.3 Å². The van der Waals surface area contributed by atoms with Crippen molar-refractivity contribution >= 4 is 11.8 Å². The van der Waals surface area contributed by atoms with Crippen LogP contribution in [0.4, 0.5) is 13.2 Å². The van der Waals surface area contributed by atoms with E-state index < -0.39 is 24.7 Å². The van der Waals surface area contributed by atoms with Crippen molar-refractivity contribution in [3.63, 3.8) is 0 Å². The van der Waals surface area contributed by atoms with Crippen LogP contribution in [0.25, 0.3) is 11.3 Å². The zero-order chi connectivity index (χ0) is 28.4. The number of halogens is 3. The summed E-state index contributed by atoms with van der Waals surface area (Å²) in [4.78, 5) is 31.9. The van der Waals surface area contributed by atoms with E-state index in [4.69, 9.17) is 4.42 Å². The van der Waals surface area contributed by atoms with Gasteiger partial charge in [-0.25, -0.2) is 0 Å². The molecule has 1 aliphatic heterocycles. The number of hydrogen-bond acceptors (Lipinski definition) is 6. The van der Waals surface area contributed by atoms with Gasteiger partial charge in [0.2, 0.25) is 11.8 Å². The average Bonchev–Trinajstić information content (AvgIpc) is 3.44. The van der Waals surface area contributed by atoms with Gasteiger partial charge in [0.25, 0.3) is 0 Å². The second-order valence-corrected chi connectivity index (χ2v) is 9.80.